The van der Waals surface area contributed by atoms with Crippen LogP contribution in [0.15, 0.2) is 42.5 Å². The van der Waals surface area contributed by atoms with Gasteiger partial charge < -0.3 is 14.0 Å². The summed E-state index contributed by atoms with van der Waals surface area (Å²) in [6.07, 6.45) is 2.77. The van der Waals surface area contributed by atoms with E-state index >= 15 is 0 Å². The van der Waals surface area contributed by atoms with Crippen LogP contribution in [0.3, 0.4) is 0 Å². The van der Waals surface area contributed by atoms with Crippen molar-refractivity contribution in [3.63, 3.8) is 0 Å². The summed E-state index contributed by atoms with van der Waals surface area (Å²) in [5.74, 6) is 0.826. The van der Waals surface area contributed by atoms with Crippen molar-refractivity contribution in [1.29, 1.82) is 0 Å². The van der Waals surface area contributed by atoms with Crippen LogP contribution in [-0.2, 0) is 4.74 Å². The van der Waals surface area contributed by atoms with Crippen molar-refractivity contribution in [2.24, 2.45) is 0 Å². The SMILES string of the molecule is CCOc1ccc2c([NH2+]O)c(-c3ccc(NC(=O)OC(C)C)cc3)n(C3CCC3)c2c1. The van der Waals surface area contributed by atoms with Gasteiger partial charge in [0, 0.05) is 23.4 Å². The maximum Gasteiger partial charge on any atom is 0.411 e. The molecule has 1 heterocycles. The average molecular weight is 425 g/mol. The quantitative estimate of drug-likeness (QED) is 0.467. The summed E-state index contributed by atoms with van der Waals surface area (Å²) in [5, 5.41) is 13.9. The average Bonchev–Trinajstić information content (AvgIpc) is 3.00. The number of aromatic nitrogens is 1. The Morgan fingerprint density at radius 1 is 1.23 bits per heavy atom. The summed E-state index contributed by atoms with van der Waals surface area (Å²) in [5.41, 5.74) is 5.67. The van der Waals surface area contributed by atoms with Gasteiger partial charge in [-0.1, -0.05) is 12.1 Å². The van der Waals surface area contributed by atoms with E-state index in [1.807, 2.05) is 57.2 Å². The van der Waals surface area contributed by atoms with Gasteiger partial charge in [-0.3, -0.25) is 5.32 Å². The second kappa shape index (κ2) is 8.99. The van der Waals surface area contributed by atoms with Gasteiger partial charge in [-0.05, 0) is 64.3 Å². The third-order valence-electron chi connectivity index (χ3n) is 5.64. The van der Waals surface area contributed by atoms with Crippen LogP contribution in [0.2, 0.25) is 0 Å². The summed E-state index contributed by atoms with van der Waals surface area (Å²) in [6.45, 7) is 6.20. The van der Waals surface area contributed by atoms with Crippen molar-refractivity contribution < 1.29 is 25.0 Å². The van der Waals surface area contributed by atoms with Crippen LogP contribution >= 0.6 is 0 Å². The van der Waals surface area contributed by atoms with E-state index in [0.29, 0.717) is 18.3 Å². The third-order valence-corrected chi connectivity index (χ3v) is 5.64. The van der Waals surface area contributed by atoms with Gasteiger partial charge in [-0.15, -0.1) is 0 Å². The first kappa shape index (κ1) is 21.2. The van der Waals surface area contributed by atoms with Crippen LogP contribution < -0.4 is 15.5 Å². The summed E-state index contributed by atoms with van der Waals surface area (Å²) in [6, 6.07) is 14.0. The molecule has 0 atom stereocenters. The molecule has 4 rings (SSSR count). The molecule has 2 aromatic carbocycles. The molecular weight excluding hydrogens is 394 g/mol. The number of rotatable bonds is 7. The number of hydrogen-bond acceptors (Lipinski definition) is 4. The van der Waals surface area contributed by atoms with Crippen LogP contribution in [-0.4, -0.2) is 28.6 Å². The highest BCUT2D eigenvalue weighted by atomic mass is 16.6. The number of amides is 1. The molecule has 7 nitrogen and oxygen atoms in total. The fourth-order valence-electron chi connectivity index (χ4n) is 4.10. The molecule has 0 aliphatic heterocycles. The molecule has 1 aliphatic rings. The first-order chi connectivity index (χ1) is 15.0. The minimum absolute atomic E-state index is 0.179. The molecule has 0 bridgehead atoms. The number of hydrogen-bond donors (Lipinski definition) is 3. The molecule has 0 saturated heterocycles. The number of nitrogens with two attached hydrogens (primary N) is 1. The highest BCUT2D eigenvalue weighted by Crippen LogP contribution is 2.44. The number of quaternary nitrogens is 1. The maximum absolute atomic E-state index is 11.9. The van der Waals surface area contributed by atoms with Gasteiger partial charge in [-0.25, -0.2) is 10.0 Å². The van der Waals surface area contributed by atoms with Gasteiger partial charge in [0.25, 0.3) is 0 Å². The van der Waals surface area contributed by atoms with Gasteiger partial charge in [0.15, 0.2) is 5.69 Å². The van der Waals surface area contributed by atoms with Crippen molar-refractivity contribution in [1.82, 2.24) is 4.57 Å². The lowest BCUT2D eigenvalue weighted by Crippen LogP contribution is -2.73. The van der Waals surface area contributed by atoms with E-state index in [0.717, 1.165) is 46.4 Å². The minimum Gasteiger partial charge on any atom is -0.494 e. The highest BCUT2D eigenvalue weighted by molar-refractivity contribution is 5.99. The largest absolute Gasteiger partial charge is 0.494 e. The van der Waals surface area contributed by atoms with E-state index in [1.54, 1.807) is 0 Å². The van der Waals surface area contributed by atoms with E-state index in [2.05, 4.69) is 16.0 Å². The van der Waals surface area contributed by atoms with Crippen LogP contribution in [0.5, 0.6) is 5.75 Å². The predicted molar refractivity (Wildman–Crippen MR) is 120 cm³/mol. The maximum atomic E-state index is 11.9. The number of anilines is 1. The molecule has 1 aromatic heterocycles. The van der Waals surface area contributed by atoms with Gasteiger partial charge >= 0.3 is 6.09 Å². The normalized spacial score (nSPS) is 14.0. The molecule has 1 amide bonds. The zero-order chi connectivity index (χ0) is 22.0. The lowest BCUT2D eigenvalue weighted by Gasteiger charge is -2.30. The molecule has 164 valence electrons. The molecule has 1 fully saturated rings. The van der Waals surface area contributed by atoms with Gasteiger partial charge in [0.05, 0.1) is 23.6 Å². The minimum atomic E-state index is -0.473. The molecule has 1 saturated carbocycles. The molecular formula is C24H30N3O4+. The van der Waals surface area contributed by atoms with E-state index < -0.39 is 6.09 Å². The number of carbonyl (C=O) groups excluding carboxylic acids is 1. The van der Waals surface area contributed by atoms with Crippen molar-refractivity contribution in [2.75, 3.05) is 11.9 Å². The topological polar surface area (TPSA) is 89.3 Å². The van der Waals surface area contributed by atoms with Gasteiger partial charge in [-0.2, -0.15) is 5.48 Å². The Labute approximate surface area is 181 Å². The molecule has 31 heavy (non-hydrogen) atoms. The number of carbonyl (C=O) groups is 1. The highest BCUT2D eigenvalue weighted by Gasteiger charge is 2.29. The Hall–Kier alpha value is -3.03. The Balaban J connectivity index is 1.76. The fourth-order valence-corrected chi connectivity index (χ4v) is 4.10. The summed E-state index contributed by atoms with van der Waals surface area (Å²) in [4.78, 5) is 11.9. The first-order valence-electron chi connectivity index (χ1n) is 10.9. The zero-order valence-corrected chi connectivity index (χ0v) is 18.2. The van der Waals surface area contributed by atoms with E-state index in [-0.39, 0.29) is 6.10 Å². The van der Waals surface area contributed by atoms with Crippen molar-refractivity contribution in [3.05, 3.63) is 42.5 Å². The fraction of sp³-hybridized carbons (Fsp3) is 0.375. The molecule has 1 aliphatic carbocycles. The molecule has 0 spiro atoms. The summed E-state index contributed by atoms with van der Waals surface area (Å²) < 4.78 is 13.2. The van der Waals surface area contributed by atoms with E-state index in [9.17, 15) is 10.0 Å². The standard InChI is InChI=1S/C24H29N3O4/c1-4-30-19-12-13-20-21(14-19)27(18-6-5-7-18)23(22(20)26-29)16-8-10-17(11-9-16)25-24(28)31-15(2)3/h8-15,18,26,29H,4-7H2,1-3H3,(H,25,28)/p+1. The van der Waals surface area contributed by atoms with Gasteiger partial charge in [0.2, 0.25) is 0 Å². The number of benzene rings is 2. The Bertz CT molecular complexity index is 1070. The van der Waals surface area contributed by atoms with Crippen LogP contribution in [0, 0.1) is 0 Å². The molecule has 0 radical (unpaired) electrons. The molecule has 0 unspecified atom stereocenters. The number of nitrogens with zero attached hydrogens (tertiary/aromatic N) is 1. The molecule has 4 N–H and O–H groups in total. The Kier molecular flexibility index (Phi) is 6.15. The first-order valence-corrected chi connectivity index (χ1v) is 10.9. The molecule has 3 aromatic rings. The second-order valence-corrected chi connectivity index (χ2v) is 8.11. The number of nitrogens with one attached hydrogen (secondary N) is 1. The van der Waals surface area contributed by atoms with Crippen molar-refractivity contribution in [2.45, 2.75) is 52.2 Å². The Morgan fingerprint density at radius 2 is 1.97 bits per heavy atom. The lowest BCUT2D eigenvalue weighted by atomic mass is 9.92. The predicted octanol–water partition coefficient (Wildman–Crippen LogP) is 4.97. The lowest BCUT2D eigenvalue weighted by molar-refractivity contribution is -0.824. The summed E-state index contributed by atoms with van der Waals surface area (Å²) in [7, 11) is 0. The molecule has 7 heteroatoms. The zero-order valence-electron chi connectivity index (χ0n) is 18.2. The number of ether oxygens (including phenoxy) is 2. The van der Waals surface area contributed by atoms with E-state index in [4.69, 9.17) is 9.47 Å². The van der Waals surface area contributed by atoms with Crippen molar-refractivity contribution in [3.8, 4) is 17.0 Å². The van der Waals surface area contributed by atoms with Crippen LogP contribution in [0.4, 0.5) is 16.2 Å². The van der Waals surface area contributed by atoms with E-state index in [1.165, 1.54) is 11.9 Å². The van der Waals surface area contributed by atoms with Gasteiger partial charge in [0.1, 0.15) is 11.4 Å². The smallest absolute Gasteiger partial charge is 0.411 e. The second-order valence-electron chi connectivity index (χ2n) is 8.11. The summed E-state index contributed by atoms with van der Waals surface area (Å²) >= 11 is 0. The van der Waals surface area contributed by atoms with Crippen LogP contribution in [0.25, 0.3) is 22.2 Å². The Morgan fingerprint density at radius 3 is 2.55 bits per heavy atom. The monoisotopic (exact) mass is 424 g/mol. The third kappa shape index (κ3) is 4.24. The van der Waals surface area contributed by atoms with Crippen molar-refractivity contribution >= 4 is 28.4 Å². The number of fused-ring (bicyclic) bond motifs is 1. The van der Waals surface area contributed by atoms with Crippen LogP contribution in [0.1, 0.15) is 46.1 Å².